The second kappa shape index (κ2) is 12.6. The lowest BCUT2D eigenvalue weighted by Crippen LogP contribution is -2.33. The lowest BCUT2D eigenvalue weighted by molar-refractivity contribution is -0.122. The van der Waals surface area contributed by atoms with Gasteiger partial charge in [0, 0.05) is 16.5 Å². The Labute approximate surface area is 280 Å². The van der Waals surface area contributed by atoms with Gasteiger partial charge in [-0.2, -0.15) is 0 Å². The van der Waals surface area contributed by atoms with Crippen molar-refractivity contribution in [3.63, 3.8) is 0 Å². The van der Waals surface area contributed by atoms with Gasteiger partial charge in [-0.25, -0.2) is 9.69 Å². The molecule has 11 heteroatoms. The summed E-state index contributed by atoms with van der Waals surface area (Å²) in [6.07, 6.45) is 0. The summed E-state index contributed by atoms with van der Waals surface area (Å²) >= 11 is 2.18. The number of imide groups is 1. The van der Waals surface area contributed by atoms with Crippen LogP contribution in [-0.2, 0) is 31.1 Å². The van der Waals surface area contributed by atoms with Crippen molar-refractivity contribution in [3.8, 4) is 0 Å². The number of thiazole rings is 1. The standard InChI is InChI=1S/C36H35N3O6S2/c1-6-45-34(43)22-11-17-25(18-12-22)39-31(41)28-27(21-9-13-23(14-10-21)36(3,4)5)30-33(46-29(28)32(39)42)38(35(44)47-30)19-26(40)37-24-15-7-20(2)8-16-24/h7-18,27-29H,6,19H2,1-5H3,(H,37,40)/t27-,28?,29?/m0/s1. The second-order valence-corrected chi connectivity index (χ2v) is 14.9. The van der Waals surface area contributed by atoms with Crippen LogP contribution in [0.1, 0.15) is 65.5 Å². The first-order chi connectivity index (χ1) is 22.4. The lowest BCUT2D eigenvalue weighted by atomic mass is 9.81. The van der Waals surface area contributed by atoms with E-state index in [2.05, 4.69) is 26.1 Å². The summed E-state index contributed by atoms with van der Waals surface area (Å²) in [6, 6.07) is 21.6. The lowest BCUT2D eigenvalue weighted by Gasteiger charge is -2.31. The number of rotatable bonds is 7. The van der Waals surface area contributed by atoms with Crippen LogP contribution in [0.3, 0.4) is 0 Å². The molecule has 3 atom stereocenters. The number of benzene rings is 3. The summed E-state index contributed by atoms with van der Waals surface area (Å²) in [4.78, 5) is 68.7. The molecule has 1 N–H and O–H groups in total. The van der Waals surface area contributed by atoms with E-state index in [-0.39, 0.29) is 35.3 Å². The highest BCUT2D eigenvalue weighted by Gasteiger charge is 2.56. The number of esters is 1. The molecule has 1 aromatic heterocycles. The molecule has 1 fully saturated rings. The Kier molecular flexibility index (Phi) is 8.71. The van der Waals surface area contributed by atoms with Crippen molar-refractivity contribution in [1.82, 2.24) is 4.57 Å². The van der Waals surface area contributed by atoms with Gasteiger partial charge in [-0.15, -0.1) is 0 Å². The number of aromatic nitrogens is 1. The van der Waals surface area contributed by atoms with Gasteiger partial charge in [0.25, 0.3) is 0 Å². The molecule has 0 bridgehead atoms. The minimum absolute atomic E-state index is 0.0980. The minimum atomic E-state index is -0.826. The molecule has 0 aliphatic carbocycles. The average Bonchev–Trinajstić information content (AvgIpc) is 3.48. The van der Waals surface area contributed by atoms with Gasteiger partial charge in [0.15, 0.2) is 0 Å². The molecule has 242 valence electrons. The van der Waals surface area contributed by atoms with E-state index >= 15 is 0 Å². The Morgan fingerprint density at radius 1 is 0.894 bits per heavy atom. The van der Waals surface area contributed by atoms with Crippen LogP contribution in [0.15, 0.2) is 82.6 Å². The van der Waals surface area contributed by atoms with Crippen LogP contribution in [0.4, 0.5) is 11.4 Å². The molecule has 6 rings (SSSR count). The van der Waals surface area contributed by atoms with Crippen molar-refractivity contribution in [1.29, 1.82) is 0 Å². The second-order valence-electron chi connectivity index (χ2n) is 12.7. The largest absolute Gasteiger partial charge is 0.462 e. The summed E-state index contributed by atoms with van der Waals surface area (Å²) in [7, 11) is 0. The van der Waals surface area contributed by atoms with Gasteiger partial charge in [-0.3, -0.25) is 23.7 Å². The number of aryl methyl sites for hydroxylation is 1. The minimum Gasteiger partial charge on any atom is -0.462 e. The summed E-state index contributed by atoms with van der Waals surface area (Å²) in [5.41, 5.74) is 4.16. The zero-order valence-electron chi connectivity index (χ0n) is 26.7. The zero-order valence-corrected chi connectivity index (χ0v) is 28.4. The Morgan fingerprint density at radius 3 is 2.17 bits per heavy atom. The van der Waals surface area contributed by atoms with Gasteiger partial charge in [-0.1, -0.05) is 85.8 Å². The Hall–Kier alpha value is -4.48. The SMILES string of the molecule is CCOC(=O)c1ccc(N2C(=O)C3Sc4c(sc(=O)n4CC(=O)Nc4ccc(C)cc4)[C@@H](c4ccc(C(C)(C)C)cc4)C3C2=O)cc1. The number of fused-ring (bicyclic) bond motifs is 2. The quantitative estimate of drug-likeness (QED) is 0.186. The molecule has 9 nitrogen and oxygen atoms in total. The first-order valence-electron chi connectivity index (χ1n) is 15.4. The third-order valence-electron chi connectivity index (χ3n) is 8.46. The third-order valence-corrected chi connectivity index (χ3v) is 11.1. The van der Waals surface area contributed by atoms with Crippen LogP contribution in [0.2, 0.25) is 0 Å². The fraction of sp³-hybridized carbons (Fsp3) is 0.306. The summed E-state index contributed by atoms with van der Waals surface area (Å²) in [5, 5.41) is 2.54. The Bertz CT molecular complexity index is 1920. The molecule has 2 aliphatic rings. The molecule has 3 amide bonds. The fourth-order valence-corrected chi connectivity index (χ4v) is 8.77. The number of anilines is 2. The highest BCUT2D eigenvalue weighted by Crippen LogP contribution is 2.54. The van der Waals surface area contributed by atoms with Gasteiger partial charge >= 0.3 is 10.8 Å². The number of carbonyl (C=O) groups is 4. The van der Waals surface area contributed by atoms with Crippen LogP contribution in [0.5, 0.6) is 0 Å². The van der Waals surface area contributed by atoms with E-state index < -0.39 is 29.0 Å². The monoisotopic (exact) mass is 669 g/mol. The van der Waals surface area contributed by atoms with Gasteiger partial charge in [-0.05, 0) is 66.8 Å². The van der Waals surface area contributed by atoms with Crippen molar-refractivity contribution in [2.45, 2.75) is 62.8 Å². The van der Waals surface area contributed by atoms with E-state index in [0.717, 1.165) is 39.8 Å². The number of nitrogens with one attached hydrogen (secondary N) is 1. The number of carbonyl (C=O) groups excluding carboxylic acids is 4. The van der Waals surface area contributed by atoms with Crippen molar-refractivity contribution >= 4 is 58.2 Å². The van der Waals surface area contributed by atoms with Crippen molar-refractivity contribution in [3.05, 3.63) is 110 Å². The molecule has 0 saturated carbocycles. The predicted molar refractivity (Wildman–Crippen MR) is 183 cm³/mol. The number of ether oxygens (including phenoxy) is 1. The normalized spacial score (nSPS) is 18.9. The van der Waals surface area contributed by atoms with E-state index in [0.29, 0.717) is 26.8 Å². The molecular weight excluding hydrogens is 635 g/mol. The summed E-state index contributed by atoms with van der Waals surface area (Å²) < 4.78 is 6.49. The molecule has 0 spiro atoms. The number of hydrogen-bond donors (Lipinski definition) is 1. The summed E-state index contributed by atoms with van der Waals surface area (Å²) in [6.45, 7) is 10.0. The molecule has 4 aromatic rings. The number of nitrogens with zero attached hydrogens (tertiary/aromatic N) is 2. The van der Waals surface area contributed by atoms with E-state index in [1.165, 1.54) is 21.6 Å². The maximum Gasteiger partial charge on any atom is 0.338 e. The Balaban J connectivity index is 1.39. The molecule has 3 heterocycles. The van der Waals surface area contributed by atoms with Crippen molar-refractivity contribution in [2.24, 2.45) is 5.92 Å². The highest BCUT2D eigenvalue weighted by atomic mass is 32.2. The first-order valence-corrected chi connectivity index (χ1v) is 17.1. The molecule has 0 radical (unpaired) electrons. The van der Waals surface area contributed by atoms with E-state index in [1.807, 2.05) is 43.3 Å². The maximum atomic E-state index is 14.2. The zero-order chi connectivity index (χ0) is 33.6. The van der Waals surface area contributed by atoms with Crippen LogP contribution >= 0.6 is 23.1 Å². The van der Waals surface area contributed by atoms with Gasteiger partial charge in [0.1, 0.15) is 11.8 Å². The molecule has 1 saturated heterocycles. The van der Waals surface area contributed by atoms with E-state index in [1.54, 1.807) is 31.2 Å². The van der Waals surface area contributed by atoms with Crippen molar-refractivity contribution in [2.75, 3.05) is 16.8 Å². The highest BCUT2D eigenvalue weighted by molar-refractivity contribution is 8.00. The molecule has 2 aliphatic heterocycles. The predicted octanol–water partition coefficient (Wildman–Crippen LogP) is 6.13. The van der Waals surface area contributed by atoms with Gasteiger partial charge < -0.3 is 10.1 Å². The fourth-order valence-electron chi connectivity index (χ4n) is 6.00. The maximum absolute atomic E-state index is 14.2. The third kappa shape index (κ3) is 6.17. The van der Waals surface area contributed by atoms with E-state index in [4.69, 9.17) is 4.74 Å². The number of amides is 3. The van der Waals surface area contributed by atoms with Crippen molar-refractivity contribution < 1.29 is 23.9 Å². The number of hydrogen-bond acceptors (Lipinski definition) is 8. The molecule has 2 unspecified atom stereocenters. The smallest absolute Gasteiger partial charge is 0.338 e. The van der Waals surface area contributed by atoms with Crippen LogP contribution in [-0.4, -0.2) is 40.1 Å². The van der Waals surface area contributed by atoms with Crippen LogP contribution in [0.25, 0.3) is 0 Å². The Morgan fingerprint density at radius 2 is 1.55 bits per heavy atom. The molecular formula is C36H35N3O6S2. The molecule has 3 aromatic carbocycles. The number of thioether (sulfide) groups is 1. The molecule has 47 heavy (non-hydrogen) atoms. The topological polar surface area (TPSA) is 115 Å². The van der Waals surface area contributed by atoms with E-state index in [9.17, 15) is 24.0 Å². The van der Waals surface area contributed by atoms with Crippen LogP contribution in [0, 0.1) is 12.8 Å². The van der Waals surface area contributed by atoms with Crippen LogP contribution < -0.4 is 15.1 Å². The first kappa shape index (κ1) is 32.5. The summed E-state index contributed by atoms with van der Waals surface area (Å²) in [5.74, 6) is -3.01. The van der Waals surface area contributed by atoms with Gasteiger partial charge in [0.05, 0.1) is 28.8 Å². The van der Waals surface area contributed by atoms with Gasteiger partial charge in [0.2, 0.25) is 17.7 Å². The average molecular weight is 670 g/mol.